The highest BCUT2D eigenvalue weighted by Crippen LogP contribution is 2.39. The van der Waals surface area contributed by atoms with Crippen LogP contribution in [-0.4, -0.2) is 24.1 Å². The van der Waals surface area contributed by atoms with E-state index in [1.807, 2.05) is 102 Å². The Balaban J connectivity index is 1.28. The number of nitrogens with zero attached hydrogens (tertiary/aromatic N) is 5. The zero-order chi connectivity index (χ0) is 37.4. The monoisotopic (exact) mass is 644 g/mol. The Morgan fingerprint density at radius 2 is 0.880 bits per heavy atom. The Hall–Kier alpha value is -6.85. The van der Waals surface area contributed by atoms with Crippen LogP contribution in [0.4, 0.5) is 0 Å². The molecule has 0 atom stereocenters. The Morgan fingerprint density at radius 3 is 1.54 bits per heavy atom. The van der Waals surface area contributed by atoms with E-state index in [0.717, 1.165) is 60.4 Å². The third-order valence-corrected chi connectivity index (χ3v) is 9.28. The number of fused-ring (bicyclic) bond motifs is 6. The molecule has 10 rings (SSSR count). The summed E-state index contributed by atoms with van der Waals surface area (Å²) >= 11 is 0. The van der Waals surface area contributed by atoms with Gasteiger partial charge in [0.05, 0.1) is 28.9 Å². The van der Waals surface area contributed by atoms with Gasteiger partial charge in [-0.15, -0.1) is 0 Å². The fraction of sp³-hybridized carbons (Fsp3) is 0. The Labute approximate surface area is 295 Å². The van der Waals surface area contributed by atoms with Crippen LogP contribution in [0.25, 0.3) is 89.2 Å². The van der Waals surface area contributed by atoms with E-state index in [-0.39, 0.29) is 29.4 Å². The second kappa shape index (κ2) is 11.4. The van der Waals surface area contributed by atoms with E-state index in [1.165, 1.54) is 0 Å². The number of para-hydroxylation sites is 3. The lowest BCUT2D eigenvalue weighted by molar-refractivity contribution is 0.954. The van der Waals surface area contributed by atoms with Crippen molar-refractivity contribution >= 4 is 43.6 Å². The van der Waals surface area contributed by atoms with Gasteiger partial charge in [0.15, 0.2) is 11.6 Å². The molecule has 0 saturated carbocycles. The second-order valence-corrected chi connectivity index (χ2v) is 12.2. The first-order valence-corrected chi connectivity index (χ1v) is 16.4. The molecular formula is C45H29N5. The van der Waals surface area contributed by atoms with E-state index in [0.29, 0.717) is 11.4 Å². The first-order valence-electron chi connectivity index (χ1n) is 18.9. The summed E-state index contributed by atoms with van der Waals surface area (Å²) in [5.41, 5.74) is 7.57. The van der Waals surface area contributed by atoms with Crippen molar-refractivity contribution in [2.75, 3.05) is 0 Å². The van der Waals surface area contributed by atoms with Crippen LogP contribution < -0.4 is 0 Å². The summed E-state index contributed by atoms with van der Waals surface area (Å²) in [6, 6.07) is 46.9. The summed E-state index contributed by atoms with van der Waals surface area (Å²) in [7, 11) is 0. The molecule has 0 fully saturated rings. The number of hydrogen-bond acceptors (Lipinski definition) is 3. The fourth-order valence-electron chi connectivity index (χ4n) is 7.01. The van der Waals surface area contributed by atoms with E-state index in [2.05, 4.69) is 53.1 Å². The van der Waals surface area contributed by atoms with Crippen LogP contribution in [-0.2, 0) is 0 Å². The zero-order valence-corrected chi connectivity index (χ0v) is 26.6. The molecule has 50 heavy (non-hydrogen) atoms. The summed E-state index contributed by atoms with van der Waals surface area (Å²) < 4.78 is 47.0. The number of rotatable bonds is 5. The first kappa shape index (κ1) is 23.5. The molecule has 0 radical (unpaired) electrons. The fourth-order valence-corrected chi connectivity index (χ4v) is 7.01. The number of aromatic nitrogens is 5. The molecule has 0 spiro atoms. The van der Waals surface area contributed by atoms with Crippen LogP contribution in [0.15, 0.2) is 176 Å². The van der Waals surface area contributed by atoms with Crippen molar-refractivity contribution in [2.45, 2.75) is 0 Å². The van der Waals surface area contributed by atoms with E-state index < -0.39 is 18.1 Å². The minimum absolute atomic E-state index is 0.0168. The van der Waals surface area contributed by atoms with Gasteiger partial charge in [0.1, 0.15) is 0 Å². The lowest BCUT2D eigenvalue weighted by atomic mass is 10.0. The molecule has 10 aromatic rings. The first-order chi connectivity index (χ1) is 26.9. The van der Waals surface area contributed by atoms with Crippen LogP contribution in [0.3, 0.4) is 0 Å². The standard InChI is InChI=1S/C45H29N5/c1-4-14-30(15-5-1)31-24-26-33(27-25-31)44-46-43(32-16-6-2-7-17-32)47-45(48-44)50-40-23-13-11-21-36(40)38-28-41-37(29-42(38)50)35-20-10-12-22-39(35)49(41)34-18-8-3-9-19-34/h1-29H/i2D,6D,7D,16D,17D. The number of benzene rings is 7. The minimum atomic E-state index is -0.481. The van der Waals surface area contributed by atoms with Crippen LogP contribution in [0.5, 0.6) is 0 Å². The lowest BCUT2D eigenvalue weighted by Crippen LogP contribution is -2.06. The average molecular weight is 645 g/mol. The van der Waals surface area contributed by atoms with Gasteiger partial charge in [-0.25, -0.2) is 4.98 Å². The van der Waals surface area contributed by atoms with Gasteiger partial charge in [-0.1, -0.05) is 139 Å². The van der Waals surface area contributed by atoms with Crippen molar-refractivity contribution in [1.82, 2.24) is 24.1 Å². The summed E-state index contributed by atoms with van der Waals surface area (Å²) in [6.07, 6.45) is 0. The molecule has 3 heterocycles. The highest BCUT2D eigenvalue weighted by atomic mass is 15.2. The van der Waals surface area contributed by atoms with Crippen molar-refractivity contribution in [1.29, 1.82) is 0 Å². The molecule has 0 aliphatic rings. The van der Waals surface area contributed by atoms with Crippen LogP contribution in [0.2, 0.25) is 0 Å². The maximum Gasteiger partial charge on any atom is 0.238 e. The molecule has 3 aromatic heterocycles. The molecule has 7 aromatic carbocycles. The van der Waals surface area contributed by atoms with Gasteiger partial charge in [0.25, 0.3) is 0 Å². The zero-order valence-electron chi connectivity index (χ0n) is 31.6. The van der Waals surface area contributed by atoms with Gasteiger partial charge >= 0.3 is 0 Å². The molecule has 0 amide bonds. The summed E-state index contributed by atoms with van der Waals surface area (Å²) in [5.74, 6) is 0.548. The van der Waals surface area contributed by atoms with Crippen molar-refractivity contribution in [3.8, 4) is 45.5 Å². The van der Waals surface area contributed by atoms with Crippen LogP contribution in [0, 0.1) is 0 Å². The summed E-state index contributed by atoms with van der Waals surface area (Å²) in [5, 5.41) is 4.12. The van der Waals surface area contributed by atoms with Gasteiger partial charge in [-0.05, 0) is 47.5 Å². The van der Waals surface area contributed by atoms with Gasteiger partial charge in [0.2, 0.25) is 5.95 Å². The maximum absolute atomic E-state index is 8.84. The topological polar surface area (TPSA) is 48.5 Å². The molecule has 5 nitrogen and oxygen atoms in total. The van der Waals surface area contributed by atoms with Crippen molar-refractivity contribution in [3.63, 3.8) is 0 Å². The van der Waals surface area contributed by atoms with E-state index in [9.17, 15) is 0 Å². The normalized spacial score (nSPS) is 13.0. The molecule has 0 aliphatic carbocycles. The SMILES string of the molecule is [2H]c1c([2H])c([2H])c(-c2nc(-c3ccc(-c4ccccc4)cc3)nc(-n3c4ccccc4c4cc5c(cc43)c3ccccc3n5-c3ccccc3)n2)c([2H])c1[2H]. The molecule has 0 saturated heterocycles. The van der Waals surface area contributed by atoms with Crippen molar-refractivity contribution < 1.29 is 6.85 Å². The Bertz CT molecular complexity index is 3110. The lowest BCUT2D eigenvalue weighted by Gasteiger charge is -2.11. The van der Waals surface area contributed by atoms with E-state index in [1.54, 1.807) is 0 Å². The molecular weight excluding hydrogens is 611 g/mol. The summed E-state index contributed by atoms with van der Waals surface area (Å²) in [4.78, 5) is 14.8. The predicted molar refractivity (Wildman–Crippen MR) is 205 cm³/mol. The van der Waals surface area contributed by atoms with Crippen molar-refractivity contribution in [2.24, 2.45) is 0 Å². The number of hydrogen-bond donors (Lipinski definition) is 0. The van der Waals surface area contributed by atoms with E-state index >= 15 is 0 Å². The third kappa shape index (κ3) is 4.52. The average Bonchev–Trinajstić information content (AvgIpc) is 3.74. The predicted octanol–water partition coefficient (Wildman–Crippen LogP) is 11.1. The highest BCUT2D eigenvalue weighted by Gasteiger charge is 2.21. The smallest absolute Gasteiger partial charge is 0.238 e. The molecule has 0 aliphatic heterocycles. The Morgan fingerprint density at radius 1 is 0.380 bits per heavy atom. The molecule has 0 unspecified atom stereocenters. The molecule has 234 valence electrons. The van der Waals surface area contributed by atoms with Gasteiger partial charge < -0.3 is 4.57 Å². The molecule has 0 bridgehead atoms. The largest absolute Gasteiger partial charge is 0.309 e. The maximum atomic E-state index is 8.84. The van der Waals surface area contributed by atoms with Crippen LogP contribution >= 0.6 is 0 Å². The third-order valence-electron chi connectivity index (χ3n) is 9.28. The second-order valence-electron chi connectivity index (χ2n) is 12.2. The van der Waals surface area contributed by atoms with E-state index in [4.69, 9.17) is 21.8 Å². The molecule has 0 N–H and O–H groups in total. The highest BCUT2D eigenvalue weighted by molar-refractivity contribution is 6.18. The van der Waals surface area contributed by atoms with Gasteiger partial charge in [0, 0.05) is 38.4 Å². The van der Waals surface area contributed by atoms with Gasteiger partial charge in [-0.2, -0.15) is 9.97 Å². The minimum Gasteiger partial charge on any atom is -0.309 e. The van der Waals surface area contributed by atoms with Gasteiger partial charge in [-0.3, -0.25) is 4.57 Å². The van der Waals surface area contributed by atoms with Crippen LogP contribution in [0.1, 0.15) is 6.85 Å². The Kier molecular flexibility index (Phi) is 5.35. The molecule has 5 heteroatoms. The van der Waals surface area contributed by atoms with Crippen molar-refractivity contribution in [3.05, 3.63) is 176 Å². The summed E-state index contributed by atoms with van der Waals surface area (Å²) in [6.45, 7) is 0. The quantitative estimate of drug-likeness (QED) is 0.187.